The summed E-state index contributed by atoms with van der Waals surface area (Å²) in [4.78, 5) is 0. The molecule has 2 aromatic carbocycles. The van der Waals surface area contributed by atoms with E-state index >= 15 is 0 Å². The number of rotatable bonds is 6. The van der Waals surface area contributed by atoms with Gasteiger partial charge in [-0.1, -0.05) is 18.2 Å². The molecule has 0 atom stereocenters. The summed E-state index contributed by atoms with van der Waals surface area (Å²) in [6.07, 6.45) is 0. The fourth-order valence-corrected chi connectivity index (χ4v) is 2.28. The van der Waals surface area contributed by atoms with Crippen LogP contribution in [0.2, 0.25) is 0 Å². The molecule has 0 saturated carbocycles. The number of methoxy groups -OCH3 is 4. The summed E-state index contributed by atoms with van der Waals surface area (Å²) in [5.41, 5.74) is 0.765. The highest BCUT2D eigenvalue weighted by atomic mass is 16.6. The van der Waals surface area contributed by atoms with Gasteiger partial charge in [-0.15, -0.1) is 0 Å². The molecule has 0 N–H and O–H groups in total. The third-order valence-electron chi connectivity index (χ3n) is 3.29. The van der Waals surface area contributed by atoms with Crippen molar-refractivity contribution in [2.45, 2.75) is 6.92 Å². The van der Waals surface area contributed by atoms with Crippen LogP contribution in [0.4, 0.5) is 0 Å². The maximum Gasteiger partial charge on any atom is 0.211 e. The minimum Gasteiger partial charge on any atom is -0.492 e. The Kier molecular flexibility index (Phi) is 4.99. The van der Waals surface area contributed by atoms with Crippen molar-refractivity contribution < 1.29 is 23.7 Å². The molecule has 0 fully saturated rings. The van der Waals surface area contributed by atoms with Gasteiger partial charge in [0, 0.05) is 5.56 Å². The van der Waals surface area contributed by atoms with Crippen molar-refractivity contribution in [3.05, 3.63) is 35.9 Å². The molecule has 0 heterocycles. The molecule has 0 aliphatic heterocycles. The van der Waals surface area contributed by atoms with Gasteiger partial charge in [0.1, 0.15) is 5.75 Å². The molecule has 0 amide bonds. The average Bonchev–Trinajstić information content (AvgIpc) is 2.56. The molecule has 0 radical (unpaired) electrons. The average molecular weight is 304 g/mol. The molecule has 0 bridgehead atoms. The van der Waals surface area contributed by atoms with Crippen LogP contribution in [0.1, 0.15) is 5.56 Å². The third-order valence-corrected chi connectivity index (χ3v) is 3.29. The van der Waals surface area contributed by atoms with Gasteiger partial charge in [0.2, 0.25) is 17.2 Å². The van der Waals surface area contributed by atoms with Crippen molar-refractivity contribution >= 4 is 0 Å². The molecule has 22 heavy (non-hydrogen) atoms. The van der Waals surface area contributed by atoms with Gasteiger partial charge < -0.3 is 23.7 Å². The first kappa shape index (κ1) is 15.8. The normalized spacial score (nSPS) is 10.0. The van der Waals surface area contributed by atoms with E-state index in [1.807, 2.05) is 37.3 Å². The van der Waals surface area contributed by atoms with Gasteiger partial charge in [-0.25, -0.2) is 0 Å². The van der Waals surface area contributed by atoms with Gasteiger partial charge in [-0.3, -0.25) is 0 Å². The molecule has 2 aromatic rings. The van der Waals surface area contributed by atoms with Crippen molar-refractivity contribution in [2.24, 2.45) is 0 Å². The van der Waals surface area contributed by atoms with Crippen LogP contribution in [-0.4, -0.2) is 28.4 Å². The minimum absolute atomic E-state index is 0.429. The molecule has 0 aromatic heterocycles. The third kappa shape index (κ3) is 2.74. The van der Waals surface area contributed by atoms with E-state index in [4.69, 9.17) is 23.7 Å². The van der Waals surface area contributed by atoms with E-state index in [9.17, 15) is 0 Å². The van der Waals surface area contributed by atoms with Crippen LogP contribution >= 0.6 is 0 Å². The van der Waals surface area contributed by atoms with E-state index in [0.29, 0.717) is 34.5 Å². The Bertz CT molecular complexity index is 637. The Morgan fingerprint density at radius 2 is 1.05 bits per heavy atom. The predicted molar refractivity (Wildman–Crippen MR) is 83.9 cm³/mol. The zero-order valence-corrected chi connectivity index (χ0v) is 13.4. The first-order chi connectivity index (χ1) is 10.7. The van der Waals surface area contributed by atoms with Crippen molar-refractivity contribution in [1.29, 1.82) is 0 Å². The van der Waals surface area contributed by atoms with Crippen molar-refractivity contribution in [3.8, 4) is 34.5 Å². The fourth-order valence-electron chi connectivity index (χ4n) is 2.28. The molecule has 5 nitrogen and oxygen atoms in total. The summed E-state index contributed by atoms with van der Waals surface area (Å²) in [5.74, 6) is 3.13. The van der Waals surface area contributed by atoms with Crippen LogP contribution in [-0.2, 0) is 0 Å². The second-order valence-corrected chi connectivity index (χ2v) is 4.50. The summed E-state index contributed by atoms with van der Waals surface area (Å²) in [7, 11) is 6.22. The van der Waals surface area contributed by atoms with Gasteiger partial charge in [-0.05, 0) is 19.1 Å². The maximum absolute atomic E-state index is 5.98. The van der Waals surface area contributed by atoms with Crippen LogP contribution in [0.15, 0.2) is 30.3 Å². The first-order valence-electron chi connectivity index (χ1n) is 6.77. The molecular weight excluding hydrogens is 284 g/mol. The summed E-state index contributed by atoms with van der Waals surface area (Å²) < 4.78 is 27.7. The van der Waals surface area contributed by atoms with Crippen molar-refractivity contribution in [2.75, 3.05) is 28.4 Å². The van der Waals surface area contributed by atoms with Gasteiger partial charge in [0.25, 0.3) is 0 Å². The molecule has 5 heteroatoms. The zero-order valence-electron chi connectivity index (χ0n) is 13.4. The number of para-hydroxylation sites is 1. The molecule has 0 saturated heterocycles. The standard InChI is InChI=1S/C17H20O5/c1-11-13(18-2)15(19-3)17(21-5)16(20-4)14(11)22-12-9-7-6-8-10-12/h6-10H,1-5H3. The molecule has 118 valence electrons. The van der Waals surface area contributed by atoms with Crippen LogP contribution in [0.3, 0.4) is 0 Å². The minimum atomic E-state index is 0.429. The van der Waals surface area contributed by atoms with Crippen LogP contribution in [0.5, 0.6) is 34.5 Å². The molecule has 0 unspecified atom stereocenters. The summed E-state index contributed by atoms with van der Waals surface area (Å²) >= 11 is 0. The number of hydrogen-bond donors (Lipinski definition) is 0. The largest absolute Gasteiger partial charge is 0.492 e. The number of benzene rings is 2. The molecule has 0 spiro atoms. The second kappa shape index (κ2) is 6.93. The smallest absolute Gasteiger partial charge is 0.211 e. The van der Waals surface area contributed by atoms with Gasteiger partial charge >= 0.3 is 0 Å². The van der Waals surface area contributed by atoms with Gasteiger partial charge in [0.05, 0.1) is 28.4 Å². The van der Waals surface area contributed by atoms with E-state index in [1.54, 1.807) is 28.4 Å². The van der Waals surface area contributed by atoms with Crippen LogP contribution in [0.25, 0.3) is 0 Å². The lowest BCUT2D eigenvalue weighted by atomic mass is 10.1. The van der Waals surface area contributed by atoms with Crippen LogP contribution < -0.4 is 23.7 Å². The number of hydrogen-bond acceptors (Lipinski definition) is 5. The second-order valence-electron chi connectivity index (χ2n) is 4.50. The van der Waals surface area contributed by atoms with Gasteiger partial charge in [0.15, 0.2) is 11.5 Å². The van der Waals surface area contributed by atoms with Gasteiger partial charge in [-0.2, -0.15) is 0 Å². The topological polar surface area (TPSA) is 46.2 Å². The Balaban J connectivity index is 2.66. The Morgan fingerprint density at radius 1 is 0.591 bits per heavy atom. The lowest BCUT2D eigenvalue weighted by molar-refractivity contribution is 0.294. The summed E-state index contributed by atoms with van der Waals surface area (Å²) in [5, 5.41) is 0. The molecule has 0 aliphatic rings. The molecule has 0 aliphatic carbocycles. The van der Waals surface area contributed by atoms with Crippen molar-refractivity contribution in [1.82, 2.24) is 0 Å². The molecule has 2 rings (SSSR count). The summed E-state index contributed by atoms with van der Waals surface area (Å²) in [6.45, 7) is 1.88. The van der Waals surface area contributed by atoms with Crippen molar-refractivity contribution in [3.63, 3.8) is 0 Å². The highest BCUT2D eigenvalue weighted by molar-refractivity contribution is 5.70. The predicted octanol–water partition coefficient (Wildman–Crippen LogP) is 3.82. The number of ether oxygens (including phenoxy) is 5. The van der Waals surface area contributed by atoms with E-state index in [-0.39, 0.29) is 0 Å². The monoisotopic (exact) mass is 304 g/mol. The first-order valence-corrected chi connectivity index (χ1v) is 6.77. The fraction of sp³-hybridized carbons (Fsp3) is 0.294. The highest BCUT2D eigenvalue weighted by Gasteiger charge is 2.26. The Labute approximate surface area is 130 Å². The summed E-state index contributed by atoms with van der Waals surface area (Å²) in [6, 6.07) is 9.44. The quantitative estimate of drug-likeness (QED) is 0.812. The molecular formula is C17H20O5. The highest BCUT2D eigenvalue weighted by Crippen LogP contribution is 2.53. The lowest BCUT2D eigenvalue weighted by Gasteiger charge is -2.21. The van der Waals surface area contributed by atoms with E-state index in [2.05, 4.69) is 0 Å². The zero-order chi connectivity index (χ0) is 16.1. The SMILES string of the molecule is COc1c(C)c(Oc2ccccc2)c(OC)c(OC)c1OC. The van der Waals surface area contributed by atoms with E-state index in [1.165, 1.54) is 0 Å². The van der Waals surface area contributed by atoms with E-state index in [0.717, 1.165) is 5.56 Å². The van der Waals surface area contributed by atoms with E-state index < -0.39 is 0 Å². The Morgan fingerprint density at radius 3 is 1.55 bits per heavy atom. The van der Waals surface area contributed by atoms with Crippen LogP contribution in [0, 0.1) is 6.92 Å². The lowest BCUT2D eigenvalue weighted by Crippen LogP contribution is -2.02. The Hall–Kier alpha value is -2.56. The maximum atomic E-state index is 5.98.